The lowest BCUT2D eigenvalue weighted by Crippen LogP contribution is -2.45. The third-order valence-corrected chi connectivity index (χ3v) is 6.18. The molecule has 0 bridgehead atoms. The number of sulfone groups is 1. The minimum Gasteiger partial charge on any atom is -0.340 e. The Balaban J connectivity index is 1.92. The molecule has 1 heterocycles. The second kappa shape index (κ2) is 7.79. The molecule has 0 radical (unpaired) electrons. The largest absolute Gasteiger partial charge is 0.340 e. The first-order valence-electron chi connectivity index (χ1n) is 8.04. The summed E-state index contributed by atoms with van der Waals surface area (Å²) in [4.78, 5) is 27.2. The third kappa shape index (κ3) is 5.06. The molecule has 0 spiro atoms. The molecule has 0 saturated carbocycles. The summed E-state index contributed by atoms with van der Waals surface area (Å²) in [6.45, 7) is 1.88. The average molecular weight is 352 g/mol. The van der Waals surface area contributed by atoms with Crippen LogP contribution in [0.1, 0.15) is 18.9 Å². The van der Waals surface area contributed by atoms with E-state index in [2.05, 4.69) is 0 Å². The van der Waals surface area contributed by atoms with Crippen LogP contribution in [0.2, 0.25) is 0 Å². The summed E-state index contributed by atoms with van der Waals surface area (Å²) in [5.74, 6) is -0.244. The lowest BCUT2D eigenvalue weighted by atomic mass is 10.1. The summed E-state index contributed by atoms with van der Waals surface area (Å²) in [5.41, 5.74) is 1.10. The van der Waals surface area contributed by atoms with Gasteiger partial charge in [0, 0.05) is 26.6 Å². The van der Waals surface area contributed by atoms with E-state index < -0.39 is 9.84 Å². The first kappa shape index (κ1) is 18.4. The summed E-state index contributed by atoms with van der Waals surface area (Å²) in [6, 6.07) is 9.48. The Labute approximate surface area is 143 Å². The Morgan fingerprint density at radius 2 is 1.88 bits per heavy atom. The fourth-order valence-electron chi connectivity index (χ4n) is 2.82. The minimum atomic E-state index is -3.04. The zero-order valence-corrected chi connectivity index (χ0v) is 15.0. The molecule has 2 amide bonds. The van der Waals surface area contributed by atoms with Gasteiger partial charge in [-0.25, -0.2) is 8.42 Å². The molecular weight excluding hydrogens is 328 g/mol. The number of nitrogens with zero attached hydrogens (tertiary/aromatic N) is 2. The van der Waals surface area contributed by atoms with Gasteiger partial charge in [-0.15, -0.1) is 0 Å². The standard InChI is InChI=1S/C17H24N2O4S/c1-14(20)19(10-8-15-6-4-3-5-7-15)12-17(21)18(2)16-9-11-24(22,23)13-16/h3-7,16H,8-13H2,1-2H3. The predicted octanol–water partition coefficient (Wildman–Crippen LogP) is 0.723. The molecule has 1 atom stereocenters. The van der Waals surface area contributed by atoms with E-state index >= 15 is 0 Å². The van der Waals surface area contributed by atoms with Crippen LogP contribution in [0.4, 0.5) is 0 Å². The van der Waals surface area contributed by atoms with E-state index in [-0.39, 0.29) is 35.9 Å². The van der Waals surface area contributed by atoms with Crippen LogP contribution >= 0.6 is 0 Å². The maximum Gasteiger partial charge on any atom is 0.242 e. The molecule has 1 aliphatic heterocycles. The van der Waals surface area contributed by atoms with Crippen molar-refractivity contribution >= 4 is 21.7 Å². The van der Waals surface area contributed by atoms with Crippen LogP contribution in [0, 0.1) is 0 Å². The lowest BCUT2D eigenvalue weighted by molar-refractivity contribution is -0.139. The highest BCUT2D eigenvalue weighted by atomic mass is 32.2. The van der Waals surface area contributed by atoms with Gasteiger partial charge in [-0.1, -0.05) is 30.3 Å². The summed E-state index contributed by atoms with van der Waals surface area (Å²) in [5, 5.41) is 0. The van der Waals surface area contributed by atoms with Crippen LogP contribution in [0.5, 0.6) is 0 Å². The Bertz CT molecular complexity index is 688. The van der Waals surface area contributed by atoms with E-state index in [9.17, 15) is 18.0 Å². The summed E-state index contributed by atoms with van der Waals surface area (Å²) in [6.07, 6.45) is 1.14. The molecule has 0 aromatic heterocycles. The fraction of sp³-hybridized carbons (Fsp3) is 0.529. The van der Waals surface area contributed by atoms with Crippen LogP contribution in [0.3, 0.4) is 0 Å². The van der Waals surface area contributed by atoms with Crippen molar-refractivity contribution in [1.29, 1.82) is 0 Å². The highest BCUT2D eigenvalue weighted by molar-refractivity contribution is 7.91. The van der Waals surface area contributed by atoms with Crippen LogP contribution in [0.25, 0.3) is 0 Å². The molecule has 2 rings (SSSR count). The molecule has 6 nitrogen and oxygen atoms in total. The average Bonchev–Trinajstić information content (AvgIpc) is 2.91. The van der Waals surface area contributed by atoms with Crippen molar-refractivity contribution in [2.24, 2.45) is 0 Å². The van der Waals surface area contributed by atoms with E-state index in [0.717, 1.165) is 5.56 Å². The molecule has 1 saturated heterocycles. The molecule has 132 valence electrons. The van der Waals surface area contributed by atoms with E-state index in [1.807, 2.05) is 30.3 Å². The highest BCUT2D eigenvalue weighted by Gasteiger charge is 2.33. The summed E-state index contributed by atoms with van der Waals surface area (Å²) < 4.78 is 23.1. The number of carbonyl (C=O) groups excluding carboxylic acids is 2. The van der Waals surface area contributed by atoms with Crippen molar-refractivity contribution in [2.45, 2.75) is 25.8 Å². The van der Waals surface area contributed by atoms with E-state index in [1.165, 1.54) is 16.7 Å². The Morgan fingerprint density at radius 3 is 2.42 bits per heavy atom. The smallest absolute Gasteiger partial charge is 0.242 e. The minimum absolute atomic E-state index is 0.0132. The van der Waals surface area contributed by atoms with Crippen LogP contribution < -0.4 is 0 Å². The van der Waals surface area contributed by atoms with Gasteiger partial charge in [0.25, 0.3) is 0 Å². The molecule has 1 aromatic rings. The number of hydrogen-bond donors (Lipinski definition) is 0. The number of hydrogen-bond acceptors (Lipinski definition) is 4. The summed E-state index contributed by atoms with van der Waals surface area (Å²) in [7, 11) is -1.43. The highest BCUT2D eigenvalue weighted by Crippen LogP contribution is 2.16. The number of amides is 2. The van der Waals surface area contributed by atoms with E-state index in [4.69, 9.17) is 0 Å². The quantitative estimate of drug-likeness (QED) is 0.756. The molecule has 1 aromatic carbocycles. The first-order valence-corrected chi connectivity index (χ1v) is 9.86. The van der Waals surface area contributed by atoms with Gasteiger partial charge in [0.2, 0.25) is 11.8 Å². The Kier molecular flexibility index (Phi) is 5.99. The Morgan fingerprint density at radius 1 is 1.21 bits per heavy atom. The maximum atomic E-state index is 12.4. The van der Waals surface area contributed by atoms with Crippen LogP contribution in [0.15, 0.2) is 30.3 Å². The lowest BCUT2D eigenvalue weighted by Gasteiger charge is -2.27. The zero-order valence-electron chi connectivity index (χ0n) is 14.1. The van der Waals surface area contributed by atoms with Crippen LogP contribution in [-0.4, -0.2) is 67.7 Å². The van der Waals surface area contributed by atoms with Gasteiger partial charge >= 0.3 is 0 Å². The van der Waals surface area contributed by atoms with Crippen molar-refractivity contribution in [3.05, 3.63) is 35.9 Å². The van der Waals surface area contributed by atoms with Crippen molar-refractivity contribution in [1.82, 2.24) is 9.80 Å². The first-order chi connectivity index (χ1) is 11.3. The normalized spacial score (nSPS) is 19.0. The van der Waals surface area contributed by atoms with Gasteiger partial charge in [0.15, 0.2) is 9.84 Å². The number of likely N-dealkylation sites (N-methyl/N-ethyl adjacent to an activating group) is 1. The molecule has 1 aliphatic rings. The zero-order chi connectivity index (χ0) is 17.7. The van der Waals surface area contributed by atoms with Gasteiger partial charge < -0.3 is 9.80 Å². The number of carbonyl (C=O) groups is 2. The monoisotopic (exact) mass is 352 g/mol. The van der Waals surface area contributed by atoms with E-state index in [0.29, 0.717) is 19.4 Å². The Hall–Kier alpha value is -1.89. The molecule has 0 N–H and O–H groups in total. The van der Waals surface area contributed by atoms with Crippen LogP contribution in [-0.2, 0) is 25.8 Å². The van der Waals surface area contributed by atoms with Gasteiger partial charge in [-0.3, -0.25) is 9.59 Å². The van der Waals surface area contributed by atoms with E-state index in [1.54, 1.807) is 7.05 Å². The maximum absolute atomic E-state index is 12.4. The van der Waals surface area contributed by atoms with Gasteiger partial charge in [-0.05, 0) is 18.4 Å². The van der Waals surface area contributed by atoms with Crippen molar-refractivity contribution in [2.75, 3.05) is 31.6 Å². The number of benzene rings is 1. The van der Waals surface area contributed by atoms with Gasteiger partial charge in [0.1, 0.15) is 0 Å². The number of rotatable bonds is 6. The van der Waals surface area contributed by atoms with Crippen molar-refractivity contribution < 1.29 is 18.0 Å². The second-order valence-electron chi connectivity index (χ2n) is 6.24. The van der Waals surface area contributed by atoms with Gasteiger partial charge in [-0.2, -0.15) is 0 Å². The van der Waals surface area contributed by atoms with Crippen molar-refractivity contribution in [3.8, 4) is 0 Å². The topological polar surface area (TPSA) is 74.8 Å². The molecule has 1 unspecified atom stereocenters. The molecule has 7 heteroatoms. The SMILES string of the molecule is CC(=O)N(CCc1ccccc1)CC(=O)N(C)C1CCS(=O)(=O)C1. The molecular formula is C17H24N2O4S. The van der Waals surface area contributed by atoms with Gasteiger partial charge in [0.05, 0.1) is 18.1 Å². The van der Waals surface area contributed by atoms with Crippen molar-refractivity contribution in [3.63, 3.8) is 0 Å². The predicted molar refractivity (Wildman–Crippen MR) is 92.2 cm³/mol. The molecule has 1 fully saturated rings. The molecule has 24 heavy (non-hydrogen) atoms. The fourth-order valence-corrected chi connectivity index (χ4v) is 4.59. The third-order valence-electron chi connectivity index (χ3n) is 4.43. The second-order valence-corrected chi connectivity index (χ2v) is 8.47. The summed E-state index contributed by atoms with van der Waals surface area (Å²) >= 11 is 0. The molecule has 0 aliphatic carbocycles.